The van der Waals surface area contributed by atoms with Crippen LogP contribution in [0.2, 0.25) is 0 Å². The van der Waals surface area contributed by atoms with Gasteiger partial charge in [-0.05, 0) is 42.4 Å². The lowest BCUT2D eigenvalue weighted by Crippen LogP contribution is -2.11. The molecule has 148 valence electrons. The number of aryl methyl sites for hydroxylation is 2. The number of nitrogen functional groups attached to an aromatic ring is 1. The molecule has 3 aromatic rings. The molecule has 3 rings (SSSR count). The average molecular weight is 381 g/mol. The highest BCUT2D eigenvalue weighted by molar-refractivity contribution is 5.69. The third-order valence-corrected chi connectivity index (χ3v) is 4.86. The minimum Gasteiger partial charge on any atom is -0.461 e. The fourth-order valence-electron chi connectivity index (χ4n) is 3.15. The van der Waals surface area contributed by atoms with Gasteiger partial charge >= 0.3 is 5.97 Å². The number of anilines is 1. The van der Waals surface area contributed by atoms with Crippen LogP contribution in [0.15, 0.2) is 24.3 Å². The molecule has 0 aliphatic rings. The molecule has 0 unspecified atom stereocenters. The molecule has 0 radical (unpaired) electrons. The summed E-state index contributed by atoms with van der Waals surface area (Å²) < 4.78 is 7.04. The number of hydrogen-bond acceptors (Lipinski definition) is 6. The van der Waals surface area contributed by atoms with Gasteiger partial charge in [0.2, 0.25) is 5.95 Å². The molecule has 2 N–H and O–H groups in total. The fraction of sp³-hybridized carbons (Fsp3) is 0.429. The van der Waals surface area contributed by atoms with Crippen molar-refractivity contribution in [2.24, 2.45) is 0 Å². The van der Waals surface area contributed by atoms with Crippen molar-refractivity contribution < 1.29 is 9.53 Å². The Morgan fingerprint density at radius 1 is 1.14 bits per heavy atom. The van der Waals surface area contributed by atoms with Crippen LogP contribution in [0, 0.1) is 13.8 Å². The van der Waals surface area contributed by atoms with Crippen molar-refractivity contribution in [3.63, 3.8) is 0 Å². The third-order valence-electron chi connectivity index (χ3n) is 4.86. The first-order valence-electron chi connectivity index (χ1n) is 9.38. The molecular formula is C21H27N5O2. The van der Waals surface area contributed by atoms with E-state index >= 15 is 0 Å². The van der Waals surface area contributed by atoms with E-state index in [0.717, 1.165) is 22.5 Å². The van der Waals surface area contributed by atoms with Crippen LogP contribution in [0.4, 0.5) is 5.95 Å². The summed E-state index contributed by atoms with van der Waals surface area (Å²) in [7, 11) is 0. The lowest BCUT2D eigenvalue weighted by molar-refractivity contribution is -0.144. The summed E-state index contributed by atoms with van der Waals surface area (Å²) in [6, 6.07) is 8.19. The summed E-state index contributed by atoms with van der Waals surface area (Å²) in [6.07, 6.45) is 0.807. The molecule has 0 aliphatic carbocycles. The second kappa shape index (κ2) is 7.58. The van der Waals surface area contributed by atoms with E-state index in [1.54, 1.807) is 4.52 Å². The predicted molar refractivity (Wildman–Crippen MR) is 108 cm³/mol. The van der Waals surface area contributed by atoms with Gasteiger partial charge in [-0.3, -0.25) is 4.79 Å². The summed E-state index contributed by atoms with van der Waals surface area (Å²) in [6.45, 7) is 10.6. The van der Waals surface area contributed by atoms with E-state index in [9.17, 15) is 4.79 Å². The number of aromatic nitrogens is 4. The second-order valence-electron chi connectivity index (χ2n) is 8.05. The topological polar surface area (TPSA) is 95.4 Å². The molecule has 0 fully saturated rings. The number of carbonyl (C=O) groups excluding carboxylic acids is 1. The quantitative estimate of drug-likeness (QED) is 0.681. The number of benzene rings is 1. The number of hydrogen-bond donors (Lipinski definition) is 1. The minimum atomic E-state index is -0.239. The third kappa shape index (κ3) is 4.30. The van der Waals surface area contributed by atoms with Gasteiger partial charge in [0.15, 0.2) is 0 Å². The van der Waals surface area contributed by atoms with Crippen molar-refractivity contribution in [2.75, 3.05) is 5.73 Å². The normalized spacial score (nSPS) is 11.8. The molecular weight excluding hydrogens is 354 g/mol. The maximum Gasteiger partial charge on any atom is 0.306 e. The number of nitrogens with two attached hydrogens (primary N) is 1. The standard InChI is InChI=1S/C21H27N5O2/c1-13-17(14(2)26-20(23-13)24-19(22)25-26)10-11-18(27)28-12-15-6-8-16(9-7-15)21(3,4)5/h6-9H,10-12H2,1-5H3,(H2,22,25). The number of carbonyl (C=O) groups is 1. The molecule has 0 atom stereocenters. The highest BCUT2D eigenvalue weighted by Gasteiger charge is 2.15. The van der Waals surface area contributed by atoms with Crippen molar-refractivity contribution >= 4 is 17.7 Å². The molecule has 0 aliphatic heterocycles. The van der Waals surface area contributed by atoms with E-state index in [-0.39, 0.29) is 30.4 Å². The van der Waals surface area contributed by atoms with Crippen LogP contribution in [0.5, 0.6) is 0 Å². The molecule has 0 saturated heterocycles. The zero-order valence-corrected chi connectivity index (χ0v) is 17.1. The maximum absolute atomic E-state index is 12.2. The summed E-state index contributed by atoms with van der Waals surface area (Å²) in [4.78, 5) is 20.7. The Kier molecular flexibility index (Phi) is 5.36. The average Bonchev–Trinajstić information content (AvgIpc) is 2.99. The van der Waals surface area contributed by atoms with Crippen LogP contribution in [0.25, 0.3) is 5.78 Å². The number of nitrogens with zero attached hydrogens (tertiary/aromatic N) is 4. The monoisotopic (exact) mass is 381 g/mol. The minimum absolute atomic E-state index is 0.106. The van der Waals surface area contributed by atoms with Crippen LogP contribution in [-0.2, 0) is 28.0 Å². The first kappa shape index (κ1) is 19.8. The van der Waals surface area contributed by atoms with Crippen LogP contribution in [0.1, 0.15) is 55.3 Å². The lowest BCUT2D eigenvalue weighted by Gasteiger charge is -2.19. The zero-order chi connectivity index (χ0) is 20.5. The molecule has 0 amide bonds. The van der Waals surface area contributed by atoms with Crippen molar-refractivity contribution in [3.8, 4) is 0 Å². The first-order valence-corrected chi connectivity index (χ1v) is 9.38. The van der Waals surface area contributed by atoms with Gasteiger partial charge in [-0.25, -0.2) is 4.98 Å². The van der Waals surface area contributed by atoms with E-state index in [4.69, 9.17) is 10.5 Å². The highest BCUT2D eigenvalue weighted by Crippen LogP contribution is 2.22. The largest absolute Gasteiger partial charge is 0.461 e. The smallest absolute Gasteiger partial charge is 0.306 e. The van der Waals surface area contributed by atoms with Gasteiger partial charge in [-0.1, -0.05) is 45.0 Å². The van der Waals surface area contributed by atoms with Gasteiger partial charge in [0.25, 0.3) is 5.78 Å². The van der Waals surface area contributed by atoms with Crippen molar-refractivity contribution in [1.82, 2.24) is 19.6 Å². The van der Waals surface area contributed by atoms with Crippen LogP contribution in [-0.4, -0.2) is 25.6 Å². The summed E-state index contributed by atoms with van der Waals surface area (Å²) in [5.74, 6) is 0.415. The molecule has 0 saturated carbocycles. The molecule has 2 aromatic heterocycles. The second-order valence-corrected chi connectivity index (χ2v) is 8.05. The number of fused-ring (bicyclic) bond motifs is 1. The van der Waals surface area contributed by atoms with Crippen LogP contribution in [0.3, 0.4) is 0 Å². The van der Waals surface area contributed by atoms with Crippen molar-refractivity contribution in [2.45, 2.75) is 59.5 Å². The predicted octanol–water partition coefficient (Wildman–Crippen LogP) is 3.30. The van der Waals surface area contributed by atoms with Crippen molar-refractivity contribution in [1.29, 1.82) is 0 Å². The van der Waals surface area contributed by atoms with Crippen molar-refractivity contribution in [3.05, 3.63) is 52.3 Å². The van der Waals surface area contributed by atoms with Crippen LogP contribution < -0.4 is 5.73 Å². The number of ether oxygens (including phenoxy) is 1. The summed E-state index contributed by atoms with van der Waals surface area (Å²) >= 11 is 0. The molecule has 7 nitrogen and oxygen atoms in total. The number of esters is 1. The van der Waals surface area contributed by atoms with E-state index in [1.165, 1.54) is 5.56 Å². The van der Waals surface area contributed by atoms with E-state index < -0.39 is 0 Å². The van der Waals surface area contributed by atoms with Gasteiger partial charge < -0.3 is 10.5 Å². The Morgan fingerprint density at radius 2 is 1.82 bits per heavy atom. The van der Waals surface area contributed by atoms with Gasteiger partial charge in [0.1, 0.15) is 6.61 Å². The zero-order valence-electron chi connectivity index (χ0n) is 17.1. The molecule has 7 heteroatoms. The Morgan fingerprint density at radius 3 is 2.46 bits per heavy atom. The number of rotatable bonds is 5. The Labute approximate surface area is 164 Å². The molecule has 1 aromatic carbocycles. The molecule has 28 heavy (non-hydrogen) atoms. The highest BCUT2D eigenvalue weighted by atomic mass is 16.5. The Balaban J connectivity index is 1.59. The van der Waals surface area contributed by atoms with E-state index in [0.29, 0.717) is 12.2 Å². The van der Waals surface area contributed by atoms with Gasteiger partial charge in [-0.15, -0.1) is 5.10 Å². The molecule has 0 bridgehead atoms. The Bertz CT molecular complexity index is 1000. The summed E-state index contributed by atoms with van der Waals surface area (Å²) in [5, 5.41) is 4.15. The summed E-state index contributed by atoms with van der Waals surface area (Å²) in [5.41, 5.74) is 10.7. The van der Waals surface area contributed by atoms with E-state index in [1.807, 2.05) is 26.0 Å². The van der Waals surface area contributed by atoms with Gasteiger partial charge in [0, 0.05) is 17.8 Å². The van der Waals surface area contributed by atoms with E-state index in [2.05, 4.69) is 48.0 Å². The lowest BCUT2D eigenvalue weighted by atomic mass is 9.87. The fourth-order valence-corrected chi connectivity index (χ4v) is 3.15. The molecule has 2 heterocycles. The van der Waals surface area contributed by atoms with Gasteiger partial charge in [-0.2, -0.15) is 9.50 Å². The SMILES string of the molecule is Cc1nc2nc(N)nn2c(C)c1CCC(=O)OCc1ccc(C(C)(C)C)cc1. The van der Waals surface area contributed by atoms with Gasteiger partial charge in [0.05, 0.1) is 0 Å². The Hall–Kier alpha value is -2.96. The van der Waals surface area contributed by atoms with Crippen LogP contribution >= 0.6 is 0 Å². The first-order chi connectivity index (χ1) is 13.1. The molecule has 0 spiro atoms. The maximum atomic E-state index is 12.2.